The van der Waals surface area contributed by atoms with E-state index in [1.807, 2.05) is 61.5 Å². The van der Waals surface area contributed by atoms with Gasteiger partial charge in [0.15, 0.2) is 0 Å². The first-order valence-electron chi connectivity index (χ1n) is 8.09. The maximum atomic E-state index is 6.15. The molecule has 3 aromatic rings. The van der Waals surface area contributed by atoms with E-state index in [9.17, 15) is 0 Å². The van der Waals surface area contributed by atoms with E-state index in [4.69, 9.17) is 27.9 Å². The van der Waals surface area contributed by atoms with Gasteiger partial charge in [0.1, 0.15) is 12.4 Å². The summed E-state index contributed by atoms with van der Waals surface area (Å²) in [5, 5.41) is 1.40. The Kier molecular flexibility index (Phi) is 6.99. The number of hydrogen-bond donors (Lipinski definition) is 0. The van der Waals surface area contributed by atoms with Crippen LogP contribution in [0.3, 0.4) is 0 Å². The van der Waals surface area contributed by atoms with Crippen LogP contribution in [0.25, 0.3) is 0 Å². The van der Waals surface area contributed by atoms with Crippen molar-refractivity contribution in [2.24, 2.45) is 4.99 Å². The van der Waals surface area contributed by atoms with Crippen LogP contribution in [0, 0.1) is 6.92 Å². The van der Waals surface area contributed by atoms with E-state index in [0.717, 1.165) is 37.1 Å². The molecule has 2 nitrogen and oxygen atoms in total. The van der Waals surface area contributed by atoms with Crippen molar-refractivity contribution in [2.75, 3.05) is 0 Å². The highest BCUT2D eigenvalue weighted by Crippen LogP contribution is 2.35. The average molecular weight is 528 g/mol. The lowest BCUT2D eigenvalue weighted by Crippen LogP contribution is -1.97. The molecule has 138 valence electrons. The normalized spacial score (nSPS) is 11.1. The molecule has 3 aromatic carbocycles. The number of halogens is 4. The molecule has 3 rings (SSSR count). The molecule has 0 aromatic heterocycles. The van der Waals surface area contributed by atoms with Gasteiger partial charge < -0.3 is 4.74 Å². The Morgan fingerprint density at radius 2 is 1.70 bits per heavy atom. The molecule has 27 heavy (non-hydrogen) atoms. The summed E-state index contributed by atoms with van der Waals surface area (Å²) < 4.78 is 7.62. The van der Waals surface area contributed by atoms with Crippen molar-refractivity contribution in [3.8, 4) is 5.75 Å². The van der Waals surface area contributed by atoms with Crippen molar-refractivity contribution in [2.45, 2.75) is 13.5 Å². The van der Waals surface area contributed by atoms with Crippen molar-refractivity contribution in [3.05, 3.63) is 90.3 Å². The molecule has 0 aliphatic rings. The van der Waals surface area contributed by atoms with E-state index < -0.39 is 0 Å². The van der Waals surface area contributed by atoms with Crippen molar-refractivity contribution >= 4 is 67.0 Å². The van der Waals surface area contributed by atoms with Crippen LogP contribution in [0.1, 0.15) is 16.7 Å². The molecule has 0 amide bonds. The molecule has 0 spiro atoms. The Hall–Kier alpha value is -1.33. The van der Waals surface area contributed by atoms with E-state index in [0.29, 0.717) is 16.7 Å². The van der Waals surface area contributed by atoms with E-state index in [2.05, 4.69) is 36.9 Å². The summed E-state index contributed by atoms with van der Waals surface area (Å²) in [4.78, 5) is 4.55. The molecule has 0 heterocycles. The highest BCUT2D eigenvalue weighted by Gasteiger charge is 2.09. The molecule has 0 radical (unpaired) electrons. The van der Waals surface area contributed by atoms with E-state index >= 15 is 0 Å². The Morgan fingerprint density at radius 1 is 1.00 bits per heavy atom. The Bertz CT molecular complexity index is 982. The predicted molar refractivity (Wildman–Crippen MR) is 121 cm³/mol. The fourth-order valence-corrected chi connectivity index (χ4v) is 4.29. The number of ether oxygens (including phenoxy) is 1. The molecule has 6 heteroatoms. The van der Waals surface area contributed by atoms with Gasteiger partial charge in [-0.25, -0.2) is 0 Å². The second-order valence-corrected chi connectivity index (χ2v) is 8.43. The number of hydrogen-bond acceptors (Lipinski definition) is 2. The average Bonchev–Trinajstić information content (AvgIpc) is 2.62. The summed E-state index contributed by atoms with van der Waals surface area (Å²) in [6.07, 6.45) is 1.80. The molecular weight excluding hydrogens is 513 g/mol. The maximum absolute atomic E-state index is 6.15. The van der Waals surface area contributed by atoms with Gasteiger partial charge in [0, 0.05) is 16.3 Å². The largest absolute Gasteiger partial charge is 0.487 e. The SMILES string of the molecule is Cc1c(Cl)cccc1N=Cc1cc(Br)c(OCc2cccc(Cl)c2)c(Br)c1. The van der Waals surface area contributed by atoms with Crippen molar-refractivity contribution in [1.29, 1.82) is 0 Å². The monoisotopic (exact) mass is 525 g/mol. The quantitative estimate of drug-likeness (QED) is 0.307. The van der Waals surface area contributed by atoms with Crippen LogP contribution < -0.4 is 4.74 Å². The van der Waals surface area contributed by atoms with Gasteiger partial charge in [0.2, 0.25) is 0 Å². The van der Waals surface area contributed by atoms with Gasteiger partial charge >= 0.3 is 0 Å². The second-order valence-electron chi connectivity index (χ2n) is 5.87. The first kappa shape index (κ1) is 20.4. The topological polar surface area (TPSA) is 21.6 Å². The van der Waals surface area contributed by atoms with E-state index in [1.165, 1.54) is 0 Å². The van der Waals surface area contributed by atoms with Gasteiger partial charge in [-0.05, 0) is 91.9 Å². The highest BCUT2D eigenvalue weighted by atomic mass is 79.9. The lowest BCUT2D eigenvalue weighted by Gasteiger charge is -2.11. The molecule has 0 saturated carbocycles. The van der Waals surface area contributed by atoms with Crippen molar-refractivity contribution in [3.63, 3.8) is 0 Å². The summed E-state index contributed by atoms with van der Waals surface area (Å²) in [6.45, 7) is 2.38. The molecule has 0 fully saturated rings. The van der Waals surface area contributed by atoms with E-state index in [1.54, 1.807) is 6.21 Å². The van der Waals surface area contributed by atoms with Crippen LogP contribution in [0.15, 0.2) is 68.5 Å². The van der Waals surface area contributed by atoms with Crippen LogP contribution in [-0.4, -0.2) is 6.21 Å². The maximum Gasteiger partial charge on any atom is 0.148 e. The number of nitrogens with zero attached hydrogens (tertiary/aromatic N) is 1. The Balaban J connectivity index is 1.78. The Morgan fingerprint density at radius 3 is 2.41 bits per heavy atom. The van der Waals surface area contributed by atoms with Gasteiger partial charge in [0.05, 0.1) is 14.6 Å². The fraction of sp³-hybridized carbons (Fsp3) is 0.0952. The standard InChI is InChI=1S/C21H15Br2Cl2NO/c1-13-19(25)6-3-7-20(13)26-11-15-9-17(22)21(18(23)10-15)27-12-14-4-2-5-16(24)8-14/h2-11H,12H2,1H3. The summed E-state index contributed by atoms with van der Waals surface area (Å²) in [7, 11) is 0. The molecule has 0 bridgehead atoms. The minimum Gasteiger partial charge on any atom is -0.487 e. The zero-order chi connectivity index (χ0) is 19.4. The third-order valence-corrected chi connectivity index (χ3v) is 5.71. The smallest absolute Gasteiger partial charge is 0.148 e. The molecule has 0 atom stereocenters. The fourth-order valence-electron chi connectivity index (χ4n) is 2.45. The van der Waals surface area contributed by atoms with Crippen molar-refractivity contribution in [1.82, 2.24) is 0 Å². The summed E-state index contributed by atoms with van der Waals surface area (Å²) in [6, 6.07) is 17.2. The second kappa shape index (κ2) is 9.24. The first-order valence-corrected chi connectivity index (χ1v) is 10.4. The van der Waals surface area contributed by atoms with Gasteiger partial charge in [-0.15, -0.1) is 0 Å². The molecule has 0 saturated heterocycles. The summed E-state index contributed by atoms with van der Waals surface area (Å²) in [5.41, 5.74) is 3.73. The molecule has 0 aliphatic carbocycles. The minimum absolute atomic E-state index is 0.424. The van der Waals surface area contributed by atoms with Gasteiger partial charge in [-0.3, -0.25) is 4.99 Å². The zero-order valence-electron chi connectivity index (χ0n) is 14.3. The predicted octanol–water partition coefficient (Wildman–Crippen LogP) is 8.16. The van der Waals surface area contributed by atoms with Crippen LogP contribution in [-0.2, 0) is 6.61 Å². The molecule has 0 unspecified atom stereocenters. The molecular formula is C21H15Br2Cl2NO. The number of aliphatic imine (C=N–C) groups is 1. The van der Waals surface area contributed by atoms with Crippen LogP contribution >= 0.6 is 55.1 Å². The van der Waals surface area contributed by atoms with Crippen LogP contribution in [0.4, 0.5) is 5.69 Å². The third-order valence-electron chi connectivity index (χ3n) is 3.88. The highest BCUT2D eigenvalue weighted by molar-refractivity contribution is 9.11. The lowest BCUT2D eigenvalue weighted by molar-refractivity contribution is 0.302. The number of rotatable bonds is 5. The first-order chi connectivity index (χ1) is 12.9. The van der Waals surface area contributed by atoms with Crippen LogP contribution in [0.5, 0.6) is 5.75 Å². The van der Waals surface area contributed by atoms with E-state index in [-0.39, 0.29) is 0 Å². The minimum atomic E-state index is 0.424. The van der Waals surface area contributed by atoms with Crippen LogP contribution in [0.2, 0.25) is 10.0 Å². The van der Waals surface area contributed by atoms with Gasteiger partial charge in [-0.1, -0.05) is 41.4 Å². The van der Waals surface area contributed by atoms with Gasteiger partial charge in [0.25, 0.3) is 0 Å². The molecule has 0 N–H and O–H groups in total. The molecule has 0 aliphatic heterocycles. The lowest BCUT2D eigenvalue weighted by atomic mass is 10.2. The number of benzene rings is 3. The summed E-state index contributed by atoms with van der Waals surface area (Å²) >= 11 is 19.3. The zero-order valence-corrected chi connectivity index (χ0v) is 19.0. The van der Waals surface area contributed by atoms with Gasteiger partial charge in [-0.2, -0.15) is 0 Å². The third kappa shape index (κ3) is 5.35. The Labute approximate surface area is 185 Å². The summed E-state index contributed by atoms with van der Waals surface area (Å²) in [5.74, 6) is 0.728. The van der Waals surface area contributed by atoms with Crippen molar-refractivity contribution < 1.29 is 4.74 Å².